The summed E-state index contributed by atoms with van der Waals surface area (Å²) in [6.07, 6.45) is -0.150. The Labute approximate surface area is 151 Å². The molecule has 8 heteroatoms. The number of amides is 1. The predicted molar refractivity (Wildman–Crippen MR) is 90.3 cm³/mol. The molecule has 1 aromatic rings. The molecule has 140 valence electrons. The molecule has 1 amide bonds. The van der Waals surface area contributed by atoms with Gasteiger partial charge < -0.3 is 15.0 Å². The molecule has 1 N–H and O–H groups in total. The maximum atomic E-state index is 12.6. The summed E-state index contributed by atoms with van der Waals surface area (Å²) in [5.41, 5.74) is 0.461. The van der Waals surface area contributed by atoms with Gasteiger partial charge in [-0.25, -0.2) is 0 Å². The molecule has 2 aliphatic heterocycles. The van der Waals surface area contributed by atoms with Crippen LogP contribution in [-0.4, -0.2) is 48.8 Å². The van der Waals surface area contributed by atoms with Gasteiger partial charge in [-0.15, -0.1) is 12.4 Å². The topological polar surface area (TPSA) is 41.6 Å². The molecule has 2 fully saturated rings. The first-order valence-corrected chi connectivity index (χ1v) is 8.14. The van der Waals surface area contributed by atoms with E-state index in [0.29, 0.717) is 17.6 Å². The van der Waals surface area contributed by atoms with E-state index in [0.717, 1.165) is 25.7 Å². The van der Waals surface area contributed by atoms with Crippen LogP contribution in [0.25, 0.3) is 0 Å². The van der Waals surface area contributed by atoms with Gasteiger partial charge in [0, 0.05) is 30.7 Å². The number of hydrogen-bond donors (Lipinski definition) is 1. The second-order valence-electron chi connectivity index (χ2n) is 6.61. The number of rotatable bonds is 4. The van der Waals surface area contributed by atoms with Gasteiger partial charge >= 0.3 is 6.18 Å². The minimum absolute atomic E-state index is 0. The maximum absolute atomic E-state index is 12.6. The largest absolute Gasteiger partial charge is 0.484 e. The summed E-state index contributed by atoms with van der Waals surface area (Å²) in [7, 11) is 1.80. The van der Waals surface area contributed by atoms with Gasteiger partial charge in [0.2, 0.25) is 0 Å². The van der Waals surface area contributed by atoms with Crippen molar-refractivity contribution in [1.82, 2.24) is 10.2 Å². The van der Waals surface area contributed by atoms with Crippen LogP contribution in [-0.2, 0) is 0 Å². The Bertz CT molecular complexity index is 583. The van der Waals surface area contributed by atoms with Crippen LogP contribution < -0.4 is 10.1 Å². The number of fused-ring (bicyclic) bond motifs is 2. The normalized spacial score (nSPS) is 25.2. The SMILES string of the molecule is CN(C(=O)c1ccc(OCC(F)(F)F)cc1)C1CC2CCC(C1)N2.Cl. The summed E-state index contributed by atoms with van der Waals surface area (Å²) in [5, 5.41) is 3.54. The second-order valence-corrected chi connectivity index (χ2v) is 6.61. The number of carbonyl (C=O) groups excluding carboxylic acids is 1. The van der Waals surface area contributed by atoms with E-state index < -0.39 is 12.8 Å². The van der Waals surface area contributed by atoms with Crippen molar-refractivity contribution in [3.05, 3.63) is 29.8 Å². The molecule has 0 saturated carbocycles. The standard InChI is InChI=1S/C17H21F3N2O2.ClH/c1-22(14-8-12-4-5-13(9-14)21-12)16(23)11-2-6-15(7-3-11)24-10-17(18,19)20;/h2-3,6-7,12-14,21H,4-5,8-10H2,1H3;1H. The van der Waals surface area contributed by atoms with Crippen molar-refractivity contribution in [3.8, 4) is 5.75 Å². The van der Waals surface area contributed by atoms with Gasteiger partial charge in [-0.1, -0.05) is 0 Å². The Morgan fingerprint density at radius 3 is 2.28 bits per heavy atom. The molecule has 1 aromatic carbocycles. The van der Waals surface area contributed by atoms with Crippen LogP contribution in [0.1, 0.15) is 36.0 Å². The van der Waals surface area contributed by atoms with Gasteiger partial charge in [-0.2, -0.15) is 13.2 Å². The lowest BCUT2D eigenvalue weighted by Crippen LogP contribution is -2.48. The first kappa shape index (κ1) is 19.8. The van der Waals surface area contributed by atoms with E-state index in [1.54, 1.807) is 11.9 Å². The van der Waals surface area contributed by atoms with Crippen molar-refractivity contribution in [1.29, 1.82) is 0 Å². The number of alkyl halides is 3. The van der Waals surface area contributed by atoms with E-state index in [1.807, 2.05) is 0 Å². The number of nitrogens with zero attached hydrogens (tertiary/aromatic N) is 1. The summed E-state index contributed by atoms with van der Waals surface area (Å²) >= 11 is 0. The molecule has 2 heterocycles. The van der Waals surface area contributed by atoms with Crippen LogP contribution in [0.15, 0.2) is 24.3 Å². The Kier molecular flexibility index (Phi) is 6.21. The molecule has 3 rings (SSSR count). The van der Waals surface area contributed by atoms with Gasteiger partial charge in [-0.3, -0.25) is 4.79 Å². The minimum Gasteiger partial charge on any atom is -0.484 e. The zero-order valence-corrected chi connectivity index (χ0v) is 14.7. The first-order valence-electron chi connectivity index (χ1n) is 8.14. The molecule has 2 saturated heterocycles. The molecular formula is C17H22ClF3N2O2. The van der Waals surface area contributed by atoms with Gasteiger partial charge in [0.25, 0.3) is 5.91 Å². The van der Waals surface area contributed by atoms with Crippen LogP contribution in [0, 0.1) is 0 Å². The number of benzene rings is 1. The highest BCUT2D eigenvalue weighted by Gasteiger charge is 2.36. The van der Waals surface area contributed by atoms with Gasteiger partial charge in [0.15, 0.2) is 6.61 Å². The van der Waals surface area contributed by atoms with Crippen LogP contribution in [0.4, 0.5) is 13.2 Å². The number of halogens is 4. The van der Waals surface area contributed by atoms with Crippen LogP contribution in [0.2, 0.25) is 0 Å². The smallest absolute Gasteiger partial charge is 0.422 e. The molecule has 2 unspecified atom stereocenters. The van der Waals surface area contributed by atoms with E-state index in [1.165, 1.54) is 24.3 Å². The third-order valence-corrected chi connectivity index (χ3v) is 4.82. The molecule has 0 radical (unpaired) electrons. The predicted octanol–water partition coefficient (Wildman–Crippen LogP) is 3.40. The molecule has 4 nitrogen and oxygen atoms in total. The van der Waals surface area contributed by atoms with Crippen LogP contribution in [0.5, 0.6) is 5.75 Å². The maximum Gasteiger partial charge on any atom is 0.422 e. The Morgan fingerprint density at radius 2 is 1.76 bits per heavy atom. The summed E-state index contributed by atoms with van der Waals surface area (Å²) in [6, 6.07) is 7.01. The monoisotopic (exact) mass is 378 g/mol. The van der Waals surface area contributed by atoms with E-state index >= 15 is 0 Å². The molecule has 25 heavy (non-hydrogen) atoms. The number of piperidine rings is 1. The summed E-state index contributed by atoms with van der Waals surface area (Å²) < 4.78 is 41.1. The van der Waals surface area contributed by atoms with Crippen LogP contribution >= 0.6 is 12.4 Å². The number of hydrogen-bond acceptors (Lipinski definition) is 3. The zero-order chi connectivity index (χ0) is 17.3. The second kappa shape index (κ2) is 7.83. The Morgan fingerprint density at radius 1 is 1.20 bits per heavy atom. The molecule has 0 aromatic heterocycles. The van der Waals surface area contributed by atoms with Gasteiger partial charge in [-0.05, 0) is 49.9 Å². The number of nitrogens with one attached hydrogen (secondary N) is 1. The van der Waals surface area contributed by atoms with Crippen LogP contribution in [0.3, 0.4) is 0 Å². The molecule has 2 bridgehead atoms. The third-order valence-electron chi connectivity index (χ3n) is 4.82. The molecule has 0 aliphatic carbocycles. The lowest BCUT2D eigenvalue weighted by Gasteiger charge is -2.35. The number of carbonyl (C=O) groups is 1. The summed E-state index contributed by atoms with van der Waals surface area (Å²) in [5.74, 6) is -0.00453. The first-order chi connectivity index (χ1) is 11.3. The fourth-order valence-corrected chi connectivity index (χ4v) is 3.57. The highest BCUT2D eigenvalue weighted by Crippen LogP contribution is 2.30. The highest BCUT2D eigenvalue weighted by molar-refractivity contribution is 5.94. The van der Waals surface area contributed by atoms with Gasteiger partial charge in [0.1, 0.15) is 5.75 Å². The van der Waals surface area contributed by atoms with Crippen molar-refractivity contribution in [2.24, 2.45) is 0 Å². The summed E-state index contributed by atoms with van der Waals surface area (Å²) in [6.45, 7) is -1.34. The van der Waals surface area contributed by atoms with Crippen molar-refractivity contribution in [2.75, 3.05) is 13.7 Å². The van der Waals surface area contributed by atoms with Gasteiger partial charge in [0.05, 0.1) is 0 Å². The lowest BCUT2D eigenvalue weighted by molar-refractivity contribution is -0.153. The molecule has 2 atom stereocenters. The zero-order valence-electron chi connectivity index (χ0n) is 13.9. The van der Waals surface area contributed by atoms with Crippen molar-refractivity contribution < 1.29 is 22.7 Å². The summed E-state index contributed by atoms with van der Waals surface area (Å²) in [4.78, 5) is 14.4. The third kappa shape index (κ3) is 5.01. The fourth-order valence-electron chi connectivity index (χ4n) is 3.57. The van der Waals surface area contributed by atoms with Crippen molar-refractivity contribution >= 4 is 18.3 Å². The molecule has 0 spiro atoms. The lowest BCUT2D eigenvalue weighted by atomic mass is 9.98. The number of ether oxygens (including phenoxy) is 1. The average Bonchev–Trinajstić information content (AvgIpc) is 2.89. The average molecular weight is 379 g/mol. The van der Waals surface area contributed by atoms with E-state index in [2.05, 4.69) is 10.1 Å². The van der Waals surface area contributed by atoms with E-state index in [-0.39, 0.29) is 30.1 Å². The van der Waals surface area contributed by atoms with Crippen molar-refractivity contribution in [2.45, 2.75) is 50.0 Å². The minimum atomic E-state index is -4.37. The molecule has 2 aliphatic rings. The van der Waals surface area contributed by atoms with Crippen molar-refractivity contribution in [3.63, 3.8) is 0 Å². The Hall–Kier alpha value is -1.47. The highest BCUT2D eigenvalue weighted by atomic mass is 35.5. The van der Waals surface area contributed by atoms with E-state index in [4.69, 9.17) is 0 Å². The molecular weight excluding hydrogens is 357 g/mol. The Balaban J connectivity index is 0.00000225. The fraction of sp³-hybridized carbons (Fsp3) is 0.588. The van der Waals surface area contributed by atoms with E-state index in [9.17, 15) is 18.0 Å². The quantitative estimate of drug-likeness (QED) is 0.873.